The maximum absolute atomic E-state index is 9.92. The van der Waals surface area contributed by atoms with E-state index in [4.69, 9.17) is 10.5 Å². The molecule has 0 fully saturated rings. The molecule has 0 heterocycles. The number of aliphatic hydroxyl groups is 1. The molecule has 0 aliphatic rings. The molecule has 0 spiro atoms. The lowest BCUT2D eigenvalue weighted by Gasteiger charge is -2.23. The molecule has 1 unspecified atom stereocenters. The van der Waals surface area contributed by atoms with Crippen LogP contribution in [0, 0.1) is 0 Å². The zero-order valence-corrected chi connectivity index (χ0v) is 12.1. The third-order valence-corrected chi connectivity index (χ3v) is 3.26. The number of ether oxygens (including phenoxy) is 1. The van der Waals surface area contributed by atoms with Gasteiger partial charge in [-0.15, -0.1) is 0 Å². The molecule has 0 aliphatic heterocycles. The molecule has 2 atom stereocenters. The number of halogens is 1. The van der Waals surface area contributed by atoms with Gasteiger partial charge in [0.15, 0.2) is 0 Å². The van der Waals surface area contributed by atoms with Crippen LogP contribution in [-0.2, 0) is 0 Å². The van der Waals surface area contributed by atoms with Crippen LogP contribution >= 0.6 is 15.9 Å². The van der Waals surface area contributed by atoms with Gasteiger partial charge < -0.3 is 15.6 Å². The Morgan fingerprint density at radius 1 is 1.53 bits per heavy atom. The van der Waals surface area contributed by atoms with Crippen molar-refractivity contribution < 1.29 is 9.84 Å². The van der Waals surface area contributed by atoms with Crippen LogP contribution in [0.2, 0.25) is 0 Å². The lowest BCUT2D eigenvalue weighted by atomic mass is 10.1. The fourth-order valence-corrected chi connectivity index (χ4v) is 1.68. The second kappa shape index (κ2) is 5.85. The Morgan fingerprint density at radius 2 is 2.18 bits per heavy atom. The van der Waals surface area contributed by atoms with Crippen molar-refractivity contribution in [3.63, 3.8) is 0 Å². The number of hydrogen-bond acceptors (Lipinski definition) is 3. The molecule has 4 heteroatoms. The fraction of sp³-hybridized carbons (Fsp3) is 0.538. The van der Waals surface area contributed by atoms with E-state index < -0.39 is 5.60 Å². The van der Waals surface area contributed by atoms with E-state index >= 15 is 0 Å². The Bertz CT molecular complexity index is 378. The highest BCUT2D eigenvalue weighted by Crippen LogP contribution is 2.28. The van der Waals surface area contributed by atoms with Crippen LogP contribution in [0.4, 0.5) is 0 Å². The Kier molecular flexibility index (Phi) is 4.98. The van der Waals surface area contributed by atoms with Crippen molar-refractivity contribution in [1.82, 2.24) is 0 Å². The quantitative estimate of drug-likeness (QED) is 0.879. The molecule has 1 aromatic rings. The summed E-state index contributed by atoms with van der Waals surface area (Å²) in [5.41, 5.74) is 6.02. The smallest absolute Gasteiger partial charge is 0.125 e. The van der Waals surface area contributed by atoms with Crippen molar-refractivity contribution in [3.05, 3.63) is 28.2 Å². The molecule has 96 valence electrons. The van der Waals surface area contributed by atoms with Crippen molar-refractivity contribution in [1.29, 1.82) is 0 Å². The van der Waals surface area contributed by atoms with Crippen LogP contribution in [0.15, 0.2) is 22.7 Å². The van der Waals surface area contributed by atoms with Crippen molar-refractivity contribution in [3.8, 4) is 5.75 Å². The maximum Gasteiger partial charge on any atom is 0.125 e. The van der Waals surface area contributed by atoms with Gasteiger partial charge >= 0.3 is 0 Å². The third-order valence-electron chi connectivity index (χ3n) is 2.77. The zero-order chi connectivity index (χ0) is 13.1. The molecular weight excluding hydrogens is 282 g/mol. The molecule has 3 N–H and O–H groups in total. The van der Waals surface area contributed by atoms with E-state index in [-0.39, 0.29) is 12.6 Å². The summed E-state index contributed by atoms with van der Waals surface area (Å²) in [5, 5.41) is 9.92. The first-order valence-corrected chi connectivity index (χ1v) is 6.55. The van der Waals surface area contributed by atoms with Gasteiger partial charge in [-0.1, -0.05) is 28.9 Å². The molecule has 3 nitrogen and oxygen atoms in total. The first-order chi connectivity index (χ1) is 7.85. The summed E-state index contributed by atoms with van der Waals surface area (Å²) < 4.78 is 6.61. The SMILES string of the molecule is CCC(C)(O)COc1cc(Br)ccc1[C@H](C)N. The van der Waals surface area contributed by atoms with Gasteiger partial charge in [0.05, 0.1) is 5.60 Å². The number of rotatable bonds is 5. The lowest BCUT2D eigenvalue weighted by molar-refractivity contribution is 0.00808. The van der Waals surface area contributed by atoms with Gasteiger partial charge in [-0.05, 0) is 32.4 Å². The van der Waals surface area contributed by atoms with Crippen molar-refractivity contribution in [2.24, 2.45) is 5.73 Å². The highest BCUT2D eigenvalue weighted by molar-refractivity contribution is 9.10. The number of nitrogens with two attached hydrogens (primary N) is 1. The number of benzene rings is 1. The molecule has 1 aromatic carbocycles. The topological polar surface area (TPSA) is 55.5 Å². The largest absolute Gasteiger partial charge is 0.490 e. The molecule has 0 aromatic heterocycles. The van der Waals surface area contributed by atoms with Crippen molar-refractivity contribution >= 4 is 15.9 Å². The highest BCUT2D eigenvalue weighted by atomic mass is 79.9. The normalized spacial score (nSPS) is 16.4. The van der Waals surface area contributed by atoms with E-state index in [0.717, 1.165) is 15.8 Å². The minimum atomic E-state index is -0.808. The van der Waals surface area contributed by atoms with Crippen LogP contribution in [0.5, 0.6) is 5.75 Å². The van der Waals surface area contributed by atoms with Crippen LogP contribution < -0.4 is 10.5 Å². The first-order valence-electron chi connectivity index (χ1n) is 5.76. The predicted octanol–water partition coefficient (Wildman–Crippen LogP) is 3.01. The van der Waals surface area contributed by atoms with Crippen molar-refractivity contribution in [2.75, 3.05) is 6.61 Å². The van der Waals surface area contributed by atoms with E-state index in [1.54, 1.807) is 6.92 Å². The van der Waals surface area contributed by atoms with Gasteiger partial charge in [0.2, 0.25) is 0 Å². The molecule has 0 amide bonds. The highest BCUT2D eigenvalue weighted by Gasteiger charge is 2.19. The van der Waals surface area contributed by atoms with E-state index in [0.29, 0.717) is 6.42 Å². The minimum absolute atomic E-state index is 0.0929. The summed E-state index contributed by atoms with van der Waals surface area (Å²) >= 11 is 3.40. The fourth-order valence-electron chi connectivity index (χ4n) is 1.34. The predicted molar refractivity (Wildman–Crippen MR) is 73.2 cm³/mol. The molecule has 1 rings (SSSR count). The van der Waals surface area contributed by atoms with E-state index in [2.05, 4.69) is 15.9 Å². The lowest BCUT2D eigenvalue weighted by Crippen LogP contribution is -2.31. The van der Waals surface area contributed by atoms with Gasteiger partial charge in [-0.3, -0.25) is 0 Å². The van der Waals surface area contributed by atoms with Gasteiger partial charge in [-0.25, -0.2) is 0 Å². The average Bonchev–Trinajstić information content (AvgIpc) is 2.26. The summed E-state index contributed by atoms with van der Waals surface area (Å²) in [7, 11) is 0. The Morgan fingerprint density at radius 3 is 2.71 bits per heavy atom. The standard InChI is InChI=1S/C13H20BrNO2/c1-4-13(3,16)8-17-12-7-10(14)5-6-11(12)9(2)15/h5-7,9,16H,4,8,15H2,1-3H3/t9-,13?/m0/s1. The third kappa shape index (κ3) is 4.30. The summed E-state index contributed by atoms with van der Waals surface area (Å²) in [6.45, 7) is 5.86. The van der Waals surface area contributed by atoms with Gasteiger partial charge in [-0.2, -0.15) is 0 Å². The summed E-state index contributed by atoms with van der Waals surface area (Å²) in [6, 6.07) is 5.66. The van der Waals surface area contributed by atoms with Crippen LogP contribution in [0.3, 0.4) is 0 Å². The Labute approximate surface area is 111 Å². The number of hydrogen-bond donors (Lipinski definition) is 2. The van der Waals surface area contributed by atoms with Gasteiger partial charge in [0, 0.05) is 16.1 Å². The molecule has 0 aliphatic carbocycles. The van der Waals surface area contributed by atoms with Crippen LogP contribution in [-0.4, -0.2) is 17.3 Å². The van der Waals surface area contributed by atoms with Crippen molar-refractivity contribution in [2.45, 2.75) is 38.8 Å². The Balaban J connectivity index is 2.85. The molecule has 17 heavy (non-hydrogen) atoms. The first kappa shape index (κ1) is 14.5. The van der Waals surface area contributed by atoms with Crippen LogP contribution in [0.25, 0.3) is 0 Å². The molecule has 0 radical (unpaired) electrons. The molecule has 0 saturated carbocycles. The Hall–Kier alpha value is -0.580. The second-order valence-corrected chi connectivity index (χ2v) is 5.53. The summed E-state index contributed by atoms with van der Waals surface area (Å²) in [4.78, 5) is 0. The second-order valence-electron chi connectivity index (χ2n) is 4.61. The van der Waals surface area contributed by atoms with E-state index in [9.17, 15) is 5.11 Å². The summed E-state index contributed by atoms with van der Waals surface area (Å²) in [6.07, 6.45) is 0.647. The zero-order valence-electron chi connectivity index (χ0n) is 10.5. The van der Waals surface area contributed by atoms with E-state index in [1.807, 2.05) is 32.0 Å². The van der Waals surface area contributed by atoms with Gasteiger partial charge in [0.1, 0.15) is 12.4 Å². The van der Waals surface area contributed by atoms with Crippen LogP contribution in [0.1, 0.15) is 38.8 Å². The average molecular weight is 302 g/mol. The minimum Gasteiger partial charge on any atom is -0.490 e. The maximum atomic E-state index is 9.92. The monoisotopic (exact) mass is 301 g/mol. The molecular formula is C13H20BrNO2. The van der Waals surface area contributed by atoms with Gasteiger partial charge in [0.25, 0.3) is 0 Å². The summed E-state index contributed by atoms with van der Waals surface area (Å²) in [5.74, 6) is 0.725. The van der Waals surface area contributed by atoms with E-state index in [1.165, 1.54) is 0 Å². The molecule has 0 saturated heterocycles. The molecule has 0 bridgehead atoms.